The van der Waals surface area contributed by atoms with Crippen molar-refractivity contribution in [1.29, 1.82) is 0 Å². The minimum absolute atomic E-state index is 0.271. The predicted octanol–water partition coefficient (Wildman–Crippen LogP) is 1.83. The Morgan fingerprint density at radius 3 is 2.45 bits per heavy atom. The molecule has 0 radical (unpaired) electrons. The maximum absolute atomic E-state index is 5.62. The first-order valence-corrected chi connectivity index (χ1v) is 9.77. The lowest BCUT2D eigenvalue weighted by molar-refractivity contribution is -0.933. The summed E-state index contributed by atoms with van der Waals surface area (Å²) in [4.78, 5) is 9.35. The zero-order chi connectivity index (χ0) is 20.4. The van der Waals surface area contributed by atoms with Gasteiger partial charge in [-0.25, -0.2) is 9.67 Å². The molecule has 1 unspecified atom stereocenters. The molecule has 0 spiro atoms. The maximum atomic E-state index is 5.62. The summed E-state index contributed by atoms with van der Waals surface area (Å²) in [5, 5.41) is 8.92. The first-order chi connectivity index (χ1) is 14.0. The van der Waals surface area contributed by atoms with Crippen molar-refractivity contribution in [3.8, 4) is 17.1 Å². The molecule has 0 fully saturated rings. The summed E-state index contributed by atoms with van der Waals surface area (Å²) in [6.45, 7) is 2.87. The van der Waals surface area contributed by atoms with Crippen LogP contribution in [0.3, 0.4) is 0 Å². The molecule has 1 N–H and O–H groups in total. The van der Waals surface area contributed by atoms with E-state index in [1.165, 1.54) is 16.8 Å². The van der Waals surface area contributed by atoms with Crippen LogP contribution in [0.25, 0.3) is 17.1 Å². The molecule has 3 heterocycles. The lowest BCUT2D eigenvalue weighted by atomic mass is 10.1. The number of nitrogens with one attached hydrogen (secondary N) is 1. The summed E-state index contributed by atoms with van der Waals surface area (Å²) in [5.74, 6) is 0.843. The monoisotopic (exact) mass is 407 g/mol. The first-order valence-electron chi connectivity index (χ1n) is 9.36. The molecule has 0 bridgehead atoms. The van der Waals surface area contributed by atoms with Gasteiger partial charge in [0.05, 0.1) is 12.7 Å². The predicted molar refractivity (Wildman–Crippen MR) is 112 cm³/mol. The molecule has 0 saturated heterocycles. The molecular weight excluding hydrogens is 384 g/mol. The standard InChI is InChI=1S/C20H22N8S/c1-15(16-4-6-18(7-5-16)27-13-22-12-23-27)25(2)14-28-20(29)26(3)19(24-28)17-8-10-21-11-9-17/h4-13,15H,14H2,1-3H3/p+1/t15-/m0/s1. The van der Waals surface area contributed by atoms with Gasteiger partial charge < -0.3 is 9.47 Å². The number of hydrogen-bond acceptors (Lipinski definition) is 5. The van der Waals surface area contributed by atoms with E-state index < -0.39 is 0 Å². The molecule has 3 aromatic heterocycles. The molecule has 0 aliphatic carbocycles. The fourth-order valence-electron chi connectivity index (χ4n) is 3.26. The van der Waals surface area contributed by atoms with Gasteiger partial charge in [0.15, 0.2) is 12.5 Å². The van der Waals surface area contributed by atoms with Crippen LogP contribution < -0.4 is 4.90 Å². The van der Waals surface area contributed by atoms with Crippen LogP contribution in [-0.4, -0.2) is 41.1 Å². The molecule has 0 aliphatic heterocycles. The maximum Gasteiger partial charge on any atom is 0.202 e. The molecule has 2 atom stereocenters. The normalized spacial score (nSPS) is 13.3. The zero-order valence-electron chi connectivity index (χ0n) is 16.6. The Hall–Kier alpha value is -3.17. The number of pyridine rings is 1. The van der Waals surface area contributed by atoms with Gasteiger partial charge in [-0.1, -0.05) is 12.1 Å². The van der Waals surface area contributed by atoms with E-state index in [1.54, 1.807) is 23.4 Å². The highest BCUT2D eigenvalue weighted by atomic mass is 32.1. The van der Waals surface area contributed by atoms with Crippen molar-refractivity contribution in [2.45, 2.75) is 19.6 Å². The minimum atomic E-state index is 0.271. The zero-order valence-corrected chi connectivity index (χ0v) is 17.4. The highest BCUT2D eigenvalue weighted by Crippen LogP contribution is 2.16. The van der Waals surface area contributed by atoms with Gasteiger partial charge in [0.2, 0.25) is 4.77 Å². The Kier molecular flexibility index (Phi) is 5.32. The van der Waals surface area contributed by atoms with Crippen molar-refractivity contribution >= 4 is 12.2 Å². The van der Waals surface area contributed by atoms with Crippen LogP contribution in [0.4, 0.5) is 0 Å². The SMILES string of the molecule is C[C@@H](c1ccc(-n2cncn2)cc1)[NH+](C)Cn1nc(-c2ccncc2)n(C)c1=S. The molecule has 0 amide bonds. The first kappa shape index (κ1) is 19.2. The summed E-state index contributed by atoms with van der Waals surface area (Å²) >= 11 is 5.62. The molecule has 4 aromatic rings. The Labute approximate surface area is 174 Å². The lowest BCUT2D eigenvalue weighted by Crippen LogP contribution is -3.08. The van der Waals surface area contributed by atoms with Crippen LogP contribution in [-0.2, 0) is 13.7 Å². The molecule has 29 heavy (non-hydrogen) atoms. The van der Waals surface area contributed by atoms with E-state index in [4.69, 9.17) is 17.3 Å². The van der Waals surface area contributed by atoms with Gasteiger partial charge in [-0.3, -0.25) is 4.98 Å². The smallest absolute Gasteiger partial charge is 0.202 e. The Morgan fingerprint density at radius 2 is 1.79 bits per heavy atom. The van der Waals surface area contributed by atoms with E-state index >= 15 is 0 Å². The molecule has 8 nitrogen and oxygen atoms in total. The van der Waals surface area contributed by atoms with Crippen LogP contribution in [0.15, 0.2) is 61.4 Å². The van der Waals surface area contributed by atoms with Gasteiger partial charge >= 0.3 is 0 Å². The van der Waals surface area contributed by atoms with Gasteiger partial charge in [0, 0.05) is 30.6 Å². The summed E-state index contributed by atoms with van der Waals surface area (Å²) in [7, 11) is 4.10. The number of nitrogens with zero attached hydrogens (tertiary/aromatic N) is 7. The van der Waals surface area contributed by atoms with Crippen LogP contribution in [0.1, 0.15) is 18.5 Å². The number of hydrogen-bond donors (Lipinski definition) is 1. The average molecular weight is 408 g/mol. The minimum Gasteiger partial charge on any atom is -0.313 e. The van der Waals surface area contributed by atoms with Crippen LogP contribution in [0, 0.1) is 4.77 Å². The van der Waals surface area contributed by atoms with Gasteiger partial charge in [-0.05, 0) is 43.4 Å². The average Bonchev–Trinajstić information content (AvgIpc) is 3.39. The van der Waals surface area contributed by atoms with Crippen molar-refractivity contribution in [1.82, 2.24) is 34.1 Å². The Balaban J connectivity index is 1.52. The topological polar surface area (TPSA) is 70.8 Å². The highest BCUT2D eigenvalue weighted by molar-refractivity contribution is 7.71. The van der Waals surface area contributed by atoms with Crippen molar-refractivity contribution in [3.05, 3.63) is 71.8 Å². The van der Waals surface area contributed by atoms with Crippen molar-refractivity contribution in [2.24, 2.45) is 7.05 Å². The van der Waals surface area contributed by atoms with Crippen LogP contribution >= 0.6 is 12.2 Å². The second kappa shape index (κ2) is 8.06. The third-order valence-electron chi connectivity index (χ3n) is 5.19. The summed E-state index contributed by atoms with van der Waals surface area (Å²) in [6.07, 6.45) is 6.75. The summed E-state index contributed by atoms with van der Waals surface area (Å²) in [5.41, 5.74) is 3.23. The molecule has 1 aromatic carbocycles. The van der Waals surface area contributed by atoms with Gasteiger partial charge in [-0.2, -0.15) is 9.78 Å². The van der Waals surface area contributed by atoms with E-state index in [2.05, 4.69) is 53.3 Å². The number of quaternary nitrogens is 1. The van der Waals surface area contributed by atoms with E-state index in [1.807, 2.05) is 28.4 Å². The Bertz CT molecular complexity index is 1130. The van der Waals surface area contributed by atoms with E-state index in [0.29, 0.717) is 11.4 Å². The molecule has 0 aliphatic rings. The molecule has 148 valence electrons. The molecular formula is C20H23N8S+. The van der Waals surface area contributed by atoms with E-state index in [9.17, 15) is 0 Å². The Morgan fingerprint density at radius 1 is 1.07 bits per heavy atom. The van der Waals surface area contributed by atoms with Crippen LogP contribution in [0.2, 0.25) is 0 Å². The van der Waals surface area contributed by atoms with E-state index in [-0.39, 0.29) is 6.04 Å². The third-order valence-corrected chi connectivity index (χ3v) is 5.68. The number of benzene rings is 1. The lowest BCUT2D eigenvalue weighted by Gasteiger charge is -2.22. The molecule has 9 heteroatoms. The van der Waals surface area contributed by atoms with Crippen molar-refractivity contribution < 1.29 is 4.90 Å². The summed E-state index contributed by atoms with van der Waals surface area (Å²) < 4.78 is 6.28. The van der Waals surface area contributed by atoms with Gasteiger partial charge in [-0.15, -0.1) is 5.10 Å². The second-order valence-corrected chi connectivity index (χ2v) is 7.42. The summed E-state index contributed by atoms with van der Waals surface area (Å²) in [6, 6.07) is 12.5. The molecule has 4 rings (SSSR count). The quantitative estimate of drug-likeness (QED) is 0.494. The van der Waals surface area contributed by atoms with Gasteiger partial charge in [0.25, 0.3) is 0 Å². The second-order valence-electron chi connectivity index (χ2n) is 7.06. The molecule has 0 saturated carbocycles. The van der Waals surface area contributed by atoms with Gasteiger partial charge in [0.1, 0.15) is 18.7 Å². The number of aromatic nitrogens is 7. The number of rotatable bonds is 6. The van der Waals surface area contributed by atoms with Crippen molar-refractivity contribution in [2.75, 3.05) is 7.05 Å². The largest absolute Gasteiger partial charge is 0.313 e. The third kappa shape index (κ3) is 3.87. The fraction of sp³-hybridized carbons (Fsp3) is 0.250. The van der Waals surface area contributed by atoms with Crippen LogP contribution in [0.5, 0.6) is 0 Å². The fourth-order valence-corrected chi connectivity index (χ4v) is 3.45. The highest BCUT2D eigenvalue weighted by Gasteiger charge is 2.18. The van der Waals surface area contributed by atoms with E-state index in [0.717, 1.165) is 17.1 Å². The van der Waals surface area contributed by atoms with Crippen molar-refractivity contribution in [3.63, 3.8) is 0 Å².